The first kappa shape index (κ1) is 20.9. The van der Waals surface area contributed by atoms with Gasteiger partial charge in [0.1, 0.15) is 5.69 Å². The Labute approximate surface area is 170 Å². The van der Waals surface area contributed by atoms with Gasteiger partial charge in [0.2, 0.25) is 11.8 Å². The van der Waals surface area contributed by atoms with Crippen molar-refractivity contribution in [3.63, 3.8) is 0 Å². The number of anilines is 2. The fourth-order valence-electron chi connectivity index (χ4n) is 2.59. The summed E-state index contributed by atoms with van der Waals surface area (Å²) in [7, 11) is 0. The van der Waals surface area contributed by atoms with E-state index in [1.54, 1.807) is 0 Å². The number of hydrogen-bond acceptors (Lipinski definition) is 5. The molecular weight excluding hydrogens is 435 g/mol. The molecule has 0 radical (unpaired) electrons. The molecule has 29 heavy (non-hydrogen) atoms. The summed E-state index contributed by atoms with van der Waals surface area (Å²) in [5.41, 5.74) is -1.37. The van der Waals surface area contributed by atoms with Gasteiger partial charge in [-0.2, -0.15) is 13.2 Å². The minimum atomic E-state index is -4.55. The molecule has 1 aliphatic heterocycles. The van der Waals surface area contributed by atoms with Gasteiger partial charge in [-0.1, -0.05) is 11.6 Å². The number of alkyl halides is 3. The Morgan fingerprint density at radius 1 is 1.28 bits per heavy atom. The third-order valence-corrected chi connectivity index (χ3v) is 5.44. The standard InChI is InChI=1S/C17H11ClF3N3O4S/c18-9-2-3-10(12(6-9)24(27)28)22-15(25)7-14-16(26)23-11-5-8(17(19,20)21)1-4-13(11)29-14/h1-6,14H,7H2,(H,22,25)(H,23,26)/t14-/m0/s1. The Balaban J connectivity index is 1.73. The zero-order chi connectivity index (χ0) is 21.3. The van der Waals surface area contributed by atoms with Crippen LogP contribution in [0.15, 0.2) is 41.3 Å². The Morgan fingerprint density at radius 3 is 2.66 bits per heavy atom. The second kappa shape index (κ2) is 7.91. The molecule has 1 atom stereocenters. The van der Waals surface area contributed by atoms with E-state index in [4.69, 9.17) is 11.6 Å². The minimum Gasteiger partial charge on any atom is -0.324 e. The van der Waals surface area contributed by atoms with Gasteiger partial charge < -0.3 is 10.6 Å². The maximum Gasteiger partial charge on any atom is 0.416 e. The van der Waals surface area contributed by atoms with E-state index in [2.05, 4.69) is 10.6 Å². The molecule has 2 aromatic rings. The van der Waals surface area contributed by atoms with Gasteiger partial charge in [-0.15, -0.1) is 11.8 Å². The zero-order valence-corrected chi connectivity index (χ0v) is 15.8. The number of nitrogens with zero attached hydrogens (tertiary/aromatic N) is 1. The number of carbonyl (C=O) groups is 2. The number of hydrogen-bond donors (Lipinski definition) is 2. The number of halogens is 4. The number of rotatable bonds is 4. The topological polar surface area (TPSA) is 101 Å². The SMILES string of the molecule is O=C(C[C@@H]1Sc2ccc(C(F)(F)F)cc2NC1=O)Nc1ccc(Cl)cc1[N+](=O)[O-]. The Kier molecular flexibility index (Phi) is 5.71. The molecule has 2 aromatic carbocycles. The lowest BCUT2D eigenvalue weighted by Crippen LogP contribution is -2.32. The quantitative estimate of drug-likeness (QED) is 0.524. The molecule has 0 unspecified atom stereocenters. The highest BCUT2D eigenvalue weighted by atomic mass is 35.5. The molecule has 0 saturated heterocycles. The molecule has 12 heteroatoms. The number of benzene rings is 2. The van der Waals surface area contributed by atoms with Crippen LogP contribution in [-0.4, -0.2) is 22.0 Å². The molecule has 3 rings (SSSR count). The van der Waals surface area contributed by atoms with Crippen molar-refractivity contribution < 1.29 is 27.7 Å². The predicted molar refractivity (Wildman–Crippen MR) is 101 cm³/mol. The summed E-state index contributed by atoms with van der Waals surface area (Å²) in [6.07, 6.45) is -4.88. The summed E-state index contributed by atoms with van der Waals surface area (Å²) in [6.45, 7) is 0. The maximum absolute atomic E-state index is 12.8. The molecule has 7 nitrogen and oxygen atoms in total. The monoisotopic (exact) mass is 445 g/mol. The first-order valence-electron chi connectivity index (χ1n) is 7.97. The summed E-state index contributed by atoms with van der Waals surface area (Å²) >= 11 is 6.66. The van der Waals surface area contributed by atoms with E-state index in [1.807, 2.05) is 0 Å². The predicted octanol–water partition coefficient (Wildman–Crippen LogP) is 4.71. The normalized spacial score (nSPS) is 16.0. The van der Waals surface area contributed by atoms with E-state index in [9.17, 15) is 32.9 Å². The highest BCUT2D eigenvalue weighted by molar-refractivity contribution is 8.01. The second-order valence-corrected chi connectivity index (χ2v) is 7.66. The van der Waals surface area contributed by atoms with Crippen molar-refractivity contribution in [2.45, 2.75) is 22.7 Å². The summed E-state index contributed by atoms with van der Waals surface area (Å²) in [5, 5.41) is 15.0. The van der Waals surface area contributed by atoms with Crippen molar-refractivity contribution in [1.82, 2.24) is 0 Å². The molecule has 2 amide bonds. The van der Waals surface area contributed by atoms with Crippen molar-refractivity contribution in [2.75, 3.05) is 10.6 Å². The van der Waals surface area contributed by atoms with Crippen LogP contribution in [0.3, 0.4) is 0 Å². The maximum atomic E-state index is 12.8. The average molecular weight is 446 g/mol. The molecule has 152 valence electrons. The fourth-order valence-corrected chi connectivity index (χ4v) is 3.85. The van der Waals surface area contributed by atoms with Gasteiger partial charge in [0.05, 0.1) is 21.4 Å². The molecule has 0 bridgehead atoms. The smallest absolute Gasteiger partial charge is 0.324 e. The van der Waals surface area contributed by atoms with Crippen LogP contribution in [0.4, 0.5) is 30.2 Å². The molecule has 1 heterocycles. The molecule has 0 saturated carbocycles. The average Bonchev–Trinajstić information content (AvgIpc) is 2.62. The number of fused-ring (bicyclic) bond motifs is 1. The highest BCUT2D eigenvalue weighted by Crippen LogP contribution is 2.40. The van der Waals surface area contributed by atoms with Crippen LogP contribution in [0.2, 0.25) is 5.02 Å². The van der Waals surface area contributed by atoms with Crippen molar-refractivity contribution in [3.8, 4) is 0 Å². The number of carbonyl (C=O) groups excluding carboxylic acids is 2. The summed E-state index contributed by atoms with van der Waals surface area (Å²) < 4.78 is 38.4. The first-order chi connectivity index (χ1) is 13.5. The Hall–Kier alpha value is -2.79. The van der Waals surface area contributed by atoms with E-state index in [0.717, 1.165) is 30.0 Å². The van der Waals surface area contributed by atoms with Gasteiger partial charge in [-0.25, -0.2) is 0 Å². The number of nitrogens with one attached hydrogen (secondary N) is 2. The third-order valence-electron chi connectivity index (χ3n) is 3.93. The van der Waals surface area contributed by atoms with Crippen molar-refractivity contribution >= 4 is 52.2 Å². The van der Waals surface area contributed by atoms with Crippen LogP contribution in [0.1, 0.15) is 12.0 Å². The van der Waals surface area contributed by atoms with Crippen LogP contribution in [0.25, 0.3) is 0 Å². The number of nitro benzene ring substituents is 1. The summed E-state index contributed by atoms with van der Waals surface area (Å²) in [6, 6.07) is 6.64. The van der Waals surface area contributed by atoms with Crippen LogP contribution in [0.5, 0.6) is 0 Å². The van der Waals surface area contributed by atoms with Crippen molar-refractivity contribution in [1.29, 1.82) is 0 Å². The molecule has 2 N–H and O–H groups in total. The van der Waals surface area contributed by atoms with E-state index >= 15 is 0 Å². The van der Waals surface area contributed by atoms with Crippen LogP contribution < -0.4 is 10.6 Å². The molecule has 1 aliphatic rings. The number of amides is 2. The van der Waals surface area contributed by atoms with Crippen LogP contribution >= 0.6 is 23.4 Å². The fraction of sp³-hybridized carbons (Fsp3) is 0.176. The van der Waals surface area contributed by atoms with Gasteiger partial charge in [-0.3, -0.25) is 19.7 Å². The van der Waals surface area contributed by atoms with Crippen LogP contribution in [0, 0.1) is 10.1 Å². The molecule has 0 aromatic heterocycles. The van der Waals surface area contributed by atoms with Gasteiger partial charge in [-0.05, 0) is 30.3 Å². The second-order valence-electron chi connectivity index (χ2n) is 5.98. The summed E-state index contributed by atoms with van der Waals surface area (Å²) in [5.74, 6) is -1.30. The van der Waals surface area contributed by atoms with E-state index < -0.39 is 39.4 Å². The Morgan fingerprint density at radius 2 is 2.00 bits per heavy atom. The lowest BCUT2D eigenvalue weighted by atomic mass is 10.1. The van der Waals surface area contributed by atoms with Gasteiger partial charge in [0.25, 0.3) is 5.69 Å². The highest BCUT2D eigenvalue weighted by Gasteiger charge is 2.34. The largest absolute Gasteiger partial charge is 0.416 e. The van der Waals surface area contributed by atoms with Crippen molar-refractivity contribution in [3.05, 3.63) is 57.1 Å². The lowest BCUT2D eigenvalue weighted by molar-refractivity contribution is -0.383. The summed E-state index contributed by atoms with van der Waals surface area (Å²) in [4.78, 5) is 35.2. The molecular formula is C17H11ClF3N3O4S. The minimum absolute atomic E-state index is 0.0137. The van der Waals surface area contributed by atoms with Crippen molar-refractivity contribution in [2.24, 2.45) is 0 Å². The van der Waals surface area contributed by atoms with Gasteiger partial charge >= 0.3 is 6.18 Å². The van der Waals surface area contributed by atoms with Gasteiger partial charge in [0, 0.05) is 22.4 Å². The van der Waals surface area contributed by atoms with Gasteiger partial charge in [0.15, 0.2) is 0 Å². The zero-order valence-electron chi connectivity index (χ0n) is 14.2. The molecule has 0 aliphatic carbocycles. The third kappa shape index (κ3) is 4.80. The van der Waals surface area contributed by atoms with Crippen LogP contribution in [-0.2, 0) is 15.8 Å². The number of thioether (sulfide) groups is 1. The lowest BCUT2D eigenvalue weighted by Gasteiger charge is -2.24. The Bertz CT molecular complexity index is 1020. The van der Waals surface area contributed by atoms with E-state index in [1.165, 1.54) is 18.2 Å². The molecule has 0 fully saturated rings. The van der Waals surface area contributed by atoms with E-state index in [0.29, 0.717) is 4.90 Å². The molecule has 0 spiro atoms. The first-order valence-corrected chi connectivity index (χ1v) is 9.23. The van der Waals surface area contributed by atoms with E-state index in [-0.39, 0.29) is 22.8 Å². The number of nitro groups is 1.